The first-order valence-electron chi connectivity index (χ1n) is 1.69. The van der Waals surface area contributed by atoms with Gasteiger partial charge in [-0.1, -0.05) is 6.08 Å². The first-order valence-corrected chi connectivity index (χ1v) is 1.69. The summed E-state index contributed by atoms with van der Waals surface area (Å²) in [6.45, 7) is 5.16. The van der Waals surface area contributed by atoms with Gasteiger partial charge in [0.2, 0.25) is 0 Å². The SMILES string of the molecule is [CH2]C(C#N)=CC. The zero-order chi connectivity index (χ0) is 4.99. The number of hydrogen-bond donors (Lipinski definition) is 0. The lowest BCUT2D eigenvalue weighted by atomic mass is 10.3. The van der Waals surface area contributed by atoms with Crippen molar-refractivity contribution in [3.8, 4) is 6.07 Å². The van der Waals surface area contributed by atoms with Crippen LogP contribution < -0.4 is 0 Å². The first kappa shape index (κ1) is 5.23. The van der Waals surface area contributed by atoms with E-state index in [1.807, 2.05) is 6.07 Å². The van der Waals surface area contributed by atoms with E-state index < -0.39 is 0 Å². The van der Waals surface area contributed by atoms with Gasteiger partial charge in [-0.25, -0.2) is 0 Å². The van der Waals surface area contributed by atoms with Crippen molar-refractivity contribution in [2.45, 2.75) is 6.92 Å². The van der Waals surface area contributed by atoms with Gasteiger partial charge in [0.25, 0.3) is 0 Å². The lowest BCUT2D eigenvalue weighted by Crippen LogP contribution is -1.59. The van der Waals surface area contributed by atoms with Crippen molar-refractivity contribution in [2.75, 3.05) is 0 Å². The molecule has 0 N–H and O–H groups in total. The van der Waals surface area contributed by atoms with E-state index in [0.29, 0.717) is 5.57 Å². The maximum absolute atomic E-state index is 7.95. The first-order chi connectivity index (χ1) is 2.81. The summed E-state index contributed by atoms with van der Waals surface area (Å²) in [5.74, 6) is 0. The Morgan fingerprint density at radius 3 is 2.50 bits per heavy atom. The smallest absolute Gasteiger partial charge is 0.0943 e. The van der Waals surface area contributed by atoms with Gasteiger partial charge < -0.3 is 0 Å². The Hall–Kier alpha value is -0.770. The third-order valence-electron chi connectivity index (χ3n) is 0.492. The molecule has 0 spiro atoms. The zero-order valence-corrected chi connectivity index (χ0v) is 3.73. The Kier molecular flexibility index (Phi) is 2.15. The average molecular weight is 80.1 g/mol. The second-order valence-corrected chi connectivity index (χ2v) is 0.926. The highest BCUT2D eigenvalue weighted by Gasteiger charge is 1.71. The lowest BCUT2D eigenvalue weighted by molar-refractivity contribution is 1.48. The summed E-state index contributed by atoms with van der Waals surface area (Å²) in [5, 5.41) is 7.95. The van der Waals surface area contributed by atoms with E-state index in [9.17, 15) is 0 Å². The molecule has 31 valence electrons. The van der Waals surface area contributed by atoms with Crippen molar-refractivity contribution < 1.29 is 0 Å². The van der Waals surface area contributed by atoms with Crippen LogP contribution in [0.1, 0.15) is 6.92 Å². The highest BCUT2D eigenvalue weighted by Crippen LogP contribution is 1.82. The van der Waals surface area contributed by atoms with Crippen molar-refractivity contribution in [1.29, 1.82) is 5.26 Å². The van der Waals surface area contributed by atoms with Gasteiger partial charge in [-0.05, 0) is 13.8 Å². The summed E-state index contributed by atoms with van der Waals surface area (Å²) in [7, 11) is 0. The normalized spacial score (nSPS) is 10.5. The molecule has 0 aliphatic heterocycles. The van der Waals surface area contributed by atoms with Crippen LogP contribution in [0, 0.1) is 18.3 Å². The monoisotopic (exact) mass is 80.1 g/mol. The number of rotatable bonds is 0. The maximum atomic E-state index is 7.95. The van der Waals surface area contributed by atoms with Crippen molar-refractivity contribution in [3.63, 3.8) is 0 Å². The Labute approximate surface area is 37.9 Å². The molecule has 0 rings (SSSR count). The molecule has 0 aliphatic rings. The molecule has 0 amide bonds. The van der Waals surface area contributed by atoms with Crippen LogP contribution in [-0.2, 0) is 0 Å². The molecule has 1 heteroatoms. The molecule has 0 unspecified atom stereocenters. The minimum atomic E-state index is 0.523. The van der Waals surface area contributed by atoms with Gasteiger partial charge in [0, 0.05) is 5.57 Å². The number of nitriles is 1. The van der Waals surface area contributed by atoms with Crippen LogP contribution in [0.4, 0.5) is 0 Å². The van der Waals surface area contributed by atoms with Crippen LogP contribution in [0.5, 0.6) is 0 Å². The zero-order valence-electron chi connectivity index (χ0n) is 3.73. The molecule has 1 nitrogen and oxygen atoms in total. The second kappa shape index (κ2) is 2.47. The third kappa shape index (κ3) is 1.54. The molecule has 0 aromatic carbocycles. The van der Waals surface area contributed by atoms with Crippen LogP contribution in [0.15, 0.2) is 11.6 Å². The molecule has 0 saturated heterocycles. The van der Waals surface area contributed by atoms with Gasteiger partial charge in [-0.3, -0.25) is 0 Å². The Balaban J connectivity index is 3.61. The van der Waals surface area contributed by atoms with Crippen LogP contribution in [-0.4, -0.2) is 0 Å². The van der Waals surface area contributed by atoms with Crippen molar-refractivity contribution >= 4 is 0 Å². The van der Waals surface area contributed by atoms with Gasteiger partial charge in [-0.2, -0.15) is 5.26 Å². The van der Waals surface area contributed by atoms with E-state index in [4.69, 9.17) is 5.26 Å². The minimum absolute atomic E-state index is 0.523. The summed E-state index contributed by atoms with van der Waals surface area (Å²) < 4.78 is 0. The van der Waals surface area contributed by atoms with E-state index in [0.717, 1.165) is 0 Å². The molecule has 6 heavy (non-hydrogen) atoms. The Bertz CT molecular complexity index is 95.0. The highest BCUT2D eigenvalue weighted by molar-refractivity contribution is 5.21. The fourth-order valence-corrected chi connectivity index (χ4v) is 0.0645. The van der Waals surface area contributed by atoms with E-state index in [2.05, 4.69) is 6.92 Å². The predicted molar refractivity (Wildman–Crippen MR) is 24.7 cm³/mol. The van der Waals surface area contributed by atoms with Crippen molar-refractivity contribution in [2.24, 2.45) is 0 Å². The maximum Gasteiger partial charge on any atom is 0.0943 e. The van der Waals surface area contributed by atoms with Gasteiger partial charge in [0.1, 0.15) is 0 Å². The molecule has 0 atom stereocenters. The van der Waals surface area contributed by atoms with Crippen molar-refractivity contribution in [1.82, 2.24) is 0 Å². The van der Waals surface area contributed by atoms with Crippen LogP contribution in [0.2, 0.25) is 0 Å². The third-order valence-corrected chi connectivity index (χ3v) is 0.492. The lowest BCUT2D eigenvalue weighted by Gasteiger charge is -1.70. The fourth-order valence-electron chi connectivity index (χ4n) is 0.0645. The van der Waals surface area contributed by atoms with E-state index in [-0.39, 0.29) is 0 Å². The molecule has 0 aromatic rings. The van der Waals surface area contributed by atoms with Crippen LogP contribution >= 0.6 is 0 Å². The topological polar surface area (TPSA) is 23.8 Å². The van der Waals surface area contributed by atoms with Gasteiger partial charge in [-0.15, -0.1) is 0 Å². The summed E-state index contributed by atoms with van der Waals surface area (Å²) in [5.41, 5.74) is 0.523. The van der Waals surface area contributed by atoms with E-state index in [1.165, 1.54) is 0 Å². The molecule has 0 fully saturated rings. The standard InChI is InChI=1S/C5H6N/c1-3-5(2)4-6/h3H,2H2,1H3. The molecule has 1 radical (unpaired) electrons. The molecular weight excluding hydrogens is 74.1 g/mol. The summed E-state index contributed by atoms with van der Waals surface area (Å²) in [4.78, 5) is 0. The summed E-state index contributed by atoms with van der Waals surface area (Å²) >= 11 is 0. The fraction of sp³-hybridized carbons (Fsp3) is 0.200. The van der Waals surface area contributed by atoms with Gasteiger partial charge >= 0.3 is 0 Å². The van der Waals surface area contributed by atoms with Gasteiger partial charge in [0.05, 0.1) is 6.07 Å². The number of nitrogens with zero attached hydrogens (tertiary/aromatic N) is 1. The van der Waals surface area contributed by atoms with E-state index in [1.54, 1.807) is 13.0 Å². The molecule has 0 heterocycles. The average Bonchev–Trinajstić information content (AvgIpc) is 1.65. The van der Waals surface area contributed by atoms with Gasteiger partial charge in [0.15, 0.2) is 0 Å². The second-order valence-electron chi connectivity index (χ2n) is 0.926. The Morgan fingerprint density at radius 2 is 2.50 bits per heavy atom. The number of allylic oxidation sites excluding steroid dienone is 2. The van der Waals surface area contributed by atoms with E-state index >= 15 is 0 Å². The molecular formula is C5H6N. The molecule has 0 aromatic heterocycles. The largest absolute Gasteiger partial charge is 0.193 e. The molecule has 0 aliphatic carbocycles. The van der Waals surface area contributed by atoms with Crippen LogP contribution in [0.25, 0.3) is 0 Å². The quantitative estimate of drug-likeness (QED) is 0.402. The predicted octanol–water partition coefficient (Wildman–Crippen LogP) is 1.29. The minimum Gasteiger partial charge on any atom is -0.193 e. The summed E-state index contributed by atoms with van der Waals surface area (Å²) in [6, 6.07) is 1.86. The van der Waals surface area contributed by atoms with Crippen LogP contribution in [0.3, 0.4) is 0 Å². The summed E-state index contributed by atoms with van der Waals surface area (Å²) in [6.07, 6.45) is 1.67. The highest BCUT2D eigenvalue weighted by atomic mass is 14.2. The number of hydrogen-bond acceptors (Lipinski definition) is 1. The van der Waals surface area contributed by atoms with Crippen molar-refractivity contribution in [3.05, 3.63) is 18.6 Å². The Morgan fingerprint density at radius 1 is 2.00 bits per heavy atom. The molecule has 0 bridgehead atoms. The molecule has 0 saturated carbocycles.